The molecular formula is C27H40N4O3. The lowest BCUT2D eigenvalue weighted by molar-refractivity contribution is -0.117. The molecule has 0 fully saturated rings. The third-order valence-electron chi connectivity index (χ3n) is 5.38. The summed E-state index contributed by atoms with van der Waals surface area (Å²) in [5.74, 6) is -0.212. The minimum atomic E-state index is -0.304. The summed E-state index contributed by atoms with van der Waals surface area (Å²) >= 11 is 0. The van der Waals surface area contributed by atoms with Crippen LogP contribution in [0.25, 0.3) is 0 Å². The molecule has 4 N–H and O–H groups in total. The lowest BCUT2D eigenvalue weighted by Crippen LogP contribution is -2.23. The predicted octanol–water partition coefficient (Wildman–Crippen LogP) is 4.42. The van der Waals surface area contributed by atoms with E-state index in [0.717, 1.165) is 17.5 Å². The molecule has 0 aliphatic heterocycles. The van der Waals surface area contributed by atoms with Crippen LogP contribution >= 0.6 is 0 Å². The average molecular weight is 469 g/mol. The molecule has 186 valence electrons. The van der Waals surface area contributed by atoms with Gasteiger partial charge in [0.2, 0.25) is 0 Å². The van der Waals surface area contributed by atoms with Gasteiger partial charge in [-0.2, -0.15) is 0 Å². The number of nitrogens with two attached hydrogens (primary N) is 1. The maximum Gasteiger partial charge on any atom is 0.254 e. The fourth-order valence-corrected chi connectivity index (χ4v) is 3.75. The van der Waals surface area contributed by atoms with E-state index in [1.807, 2.05) is 26.0 Å². The van der Waals surface area contributed by atoms with Crippen molar-refractivity contribution in [3.63, 3.8) is 0 Å². The molecule has 0 aliphatic rings. The number of carbonyl (C=O) groups is 2. The maximum atomic E-state index is 13.1. The molecular weight excluding hydrogens is 428 g/mol. The van der Waals surface area contributed by atoms with Crippen LogP contribution in [0.3, 0.4) is 0 Å². The monoisotopic (exact) mass is 468 g/mol. The number of hydrogen-bond donors (Lipinski definition) is 3. The summed E-state index contributed by atoms with van der Waals surface area (Å²) in [6.07, 6.45) is 4.16. The Hall–Kier alpha value is -3.22. The van der Waals surface area contributed by atoms with Gasteiger partial charge < -0.3 is 15.8 Å². The Morgan fingerprint density at radius 3 is 2.35 bits per heavy atom. The smallest absolute Gasteiger partial charge is 0.254 e. The summed E-state index contributed by atoms with van der Waals surface area (Å²) in [4.78, 5) is 29.8. The molecule has 0 bridgehead atoms. The van der Waals surface area contributed by atoms with Crippen molar-refractivity contribution in [3.8, 4) is 0 Å². The van der Waals surface area contributed by atoms with Gasteiger partial charge in [-0.05, 0) is 61.4 Å². The first-order valence-electron chi connectivity index (χ1n) is 11.7. The Labute approximate surface area is 204 Å². The van der Waals surface area contributed by atoms with Gasteiger partial charge in [0.25, 0.3) is 5.91 Å². The van der Waals surface area contributed by atoms with E-state index < -0.39 is 0 Å². The van der Waals surface area contributed by atoms with E-state index in [0.29, 0.717) is 29.2 Å². The number of likely N-dealkylation sites (N-methyl/N-ethyl adjacent to an activating group) is 1. The summed E-state index contributed by atoms with van der Waals surface area (Å²) in [5.41, 5.74) is 10.4. The molecule has 1 amide bonds. The Balaban J connectivity index is 3.42. The second-order valence-corrected chi connectivity index (χ2v) is 9.08. The summed E-state index contributed by atoms with van der Waals surface area (Å²) in [5, 5.41) is 10.3. The van der Waals surface area contributed by atoms with Gasteiger partial charge in [0, 0.05) is 30.8 Å². The summed E-state index contributed by atoms with van der Waals surface area (Å²) in [7, 11) is 1.54. The van der Waals surface area contributed by atoms with Crippen LogP contribution in [0.2, 0.25) is 0 Å². The van der Waals surface area contributed by atoms with Crippen molar-refractivity contribution >= 4 is 23.2 Å². The molecule has 0 atom stereocenters. The standard InChI is InChI=1S/C27H40N4O3/c1-9-20-17(4)12-18(13-22(20)27(5,6)7)23(32)16-31-19(15-25(28)29)14-24(34-11-3)21(10-2)26(33)30-8/h10,12-14H,9,11,15-16H2,1-8H3,(H3,28,29)(H,30,33)/b21-10+,24-14+,31-19?. The first-order valence-corrected chi connectivity index (χ1v) is 11.7. The van der Waals surface area contributed by atoms with E-state index in [9.17, 15) is 9.59 Å². The zero-order chi connectivity index (χ0) is 26.1. The SMILES string of the molecule is C/C=C(C(=O)NC)\C(=C/C(CC(=N)N)=NCC(=O)c1cc(C)c(CC)c(C(C)(C)C)c1)OCC. The first-order chi connectivity index (χ1) is 15.9. The highest BCUT2D eigenvalue weighted by Gasteiger charge is 2.21. The van der Waals surface area contributed by atoms with Gasteiger partial charge >= 0.3 is 0 Å². The van der Waals surface area contributed by atoms with Gasteiger partial charge in [0.15, 0.2) is 5.78 Å². The molecule has 0 spiro atoms. The number of amides is 1. The van der Waals surface area contributed by atoms with Crippen molar-refractivity contribution < 1.29 is 14.3 Å². The highest BCUT2D eigenvalue weighted by Crippen LogP contribution is 2.30. The van der Waals surface area contributed by atoms with Gasteiger partial charge in [0.05, 0.1) is 18.0 Å². The average Bonchev–Trinajstić information content (AvgIpc) is 2.75. The van der Waals surface area contributed by atoms with Crippen molar-refractivity contribution in [1.82, 2.24) is 5.32 Å². The number of aryl methyl sites for hydroxylation is 1. The van der Waals surface area contributed by atoms with E-state index >= 15 is 0 Å². The molecule has 7 nitrogen and oxygen atoms in total. The molecule has 0 aliphatic carbocycles. The van der Waals surface area contributed by atoms with Crippen molar-refractivity contribution in [2.24, 2.45) is 10.7 Å². The number of allylic oxidation sites excluding steroid dienone is 2. The van der Waals surface area contributed by atoms with Gasteiger partial charge in [-0.1, -0.05) is 33.8 Å². The number of Topliss-reactive ketones (excluding diaryl/α,β-unsaturated/α-hetero) is 1. The fraction of sp³-hybridized carbons (Fsp3) is 0.481. The largest absolute Gasteiger partial charge is 0.493 e. The van der Waals surface area contributed by atoms with E-state index in [-0.39, 0.29) is 35.9 Å². The Morgan fingerprint density at radius 1 is 1.24 bits per heavy atom. The minimum Gasteiger partial charge on any atom is -0.493 e. The number of carbonyl (C=O) groups excluding carboxylic acids is 2. The number of ketones is 1. The topological polar surface area (TPSA) is 118 Å². The van der Waals surface area contributed by atoms with E-state index in [1.165, 1.54) is 12.6 Å². The second-order valence-electron chi connectivity index (χ2n) is 9.08. The maximum absolute atomic E-state index is 13.1. The van der Waals surface area contributed by atoms with Crippen LogP contribution in [-0.4, -0.2) is 43.4 Å². The summed E-state index contributed by atoms with van der Waals surface area (Å²) < 4.78 is 5.67. The number of ether oxygens (including phenoxy) is 1. The van der Waals surface area contributed by atoms with Gasteiger partial charge in [0.1, 0.15) is 12.3 Å². The van der Waals surface area contributed by atoms with Crippen LogP contribution in [0, 0.1) is 12.3 Å². The number of rotatable bonds is 11. The molecule has 0 heterocycles. The van der Waals surface area contributed by atoms with E-state index in [4.69, 9.17) is 15.9 Å². The van der Waals surface area contributed by atoms with Crippen LogP contribution in [0.1, 0.15) is 75.0 Å². The number of hydrogen-bond acceptors (Lipinski definition) is 5. The zero-order valence-electron chi connectivity index (χ0n) is 21.9. The van der Waals surface area contributed by atoms with Crippen molar-refractivity contribution in [2.45, 2.75) is 66.7 Å². The summed E-state index contributed by atoms with van der Waals surface area (Å²) in [6.45, 7) is 14.4. The third-order valence-corrected chi connectivity index (χ3v) is 5.38. The van der Waals surface area contributed by atoms with E-state index in [2.05, 4.69) is 38.0 Å². The second kappa shape index (κ2) is 12.9. The van der Waals surface area contributed by atoms with Crippen molar-refractivity contribution in [3.05, 3.63) is 57.9 Å². The molecule has 0 unspecified atom stereocenters. The van der Waals surface area contributed by atoms with Crippen molar-refractivity contribution in [1.29, 1.82) is 5.41 Å². The molecule has 0 saturated heterocycles. The van der Waals surface area contributed by atoms with Crippen LogP contribution in [0.5, 0.6) is 0 Å². The fourth-order valence-electron chi connectivity index (χ4n) is 3.75. The molecule has 0 saturated carbocycles. The van der Waals surface area contributed by atoms with E-state index in [1.54, 1.807) is 19.1 Å². The lowest BCUT2D eigenvalue weighted by Gasteiger charge is -2.25. The quantitative estimate of drug-likeness (QED) is 0.111. The highest BCUT2D eigenvalue weighted by molar-refractivity contribution is 6.10. The Bertz CT molecular complexity index is 1010. The van der Waals surface area contributed by atoms with Gasteiger partial charge in [-0.25, -0.2) is 0 Å². The highest BCUT2D eigenvalue weighted by atomic mass is 16.5. The minimum absolute atomic E-state index is 0.0373. The van der Waals surface area contributed by atoms with Crippen LogP contribution < -0.4 is 11.1 Å². The molecule has 34 heavy (non-hydrogen) atoms. The molecule has 1 aromatic carbocycles. The molecule has 0 aromatic heterocycles. The number of amidine groups is 1. The number of nitrogens with zero attached hydrogens (tertiary/aromatic N) is 1. The van der Waals surface area contributed by atoms with Crippen LogP contribution in [0.4, 0.5) is 0 Å². The normalized spacial score (nSPS) is 13.0. The number of nitrogens with one attached hydrogen (secondary N) is 2. The van der Waals surface area contributed by atoms with Crippen LogP contribution in [0.15, 0.2) is 40.6 Å². The van der Waals surface area contributed by atoms with Gasteiger partial charge in [-0.3, -0.25) is 20.0 Å². The Morgan fingerprint density at radius 2 is 1.88 bits per heavy atom. The van der Waals surface area contributed by atoms with Crippen LogP contribution in [-0.2, 0) is 21.4 Å². The zero-order valence-corrected chi connectivity index (χ0v) is 21.9. The Kier molecular flexibility index (Phi) is 10.9. The predicted molar refractivity (Wildman–Crippen MR) is 140 cm³/mol. The molecule has 0 radical (unpaired) electrons. The third kappa shape index (κ3) is 7.97. The lowest BCUT2D eigenvalue weighted by atomic mass is 9.80. The summed E-state index contributed by atoms with van der Waals surface area (Å²) in [6, 6.07) is 3.89. The molecule has 1 aromatic rings. The number of benzene rings is 1. The number of aliphatic imine (C=N–C) groups is 1. The van der Waals surface area contributed by atoms with Crippen molar-refractivity contribution in [2.75, 3.05) is 20.2 Å². The first kappa shape index (κ1) is 28.8. The molecule has 7 heteroatoms. The molecule has 1 rings (SSSR count). The van der Waals surface area contributed by atoms with Gasteiger partial charge in [-0.15, -0.1) is 0 Å².